The third-order valence-corrected chi connectivity index (χ3v) is 7.26. The summed E-state index contributed by atoms with van der Waals surface area (Å²) in [4.78, 5) is 32.1. The van der Waals surface area contributed by atoms with Gasteiger partial charge in [0.05, 0.1) is 41.6 Å². The molecule has 0 saturated carbocycles. The van der Waals surface area contributed by atoms with Crippen LogP contribution in [0.25, 0.3) is 17.0 Å². The lowest BCUT2D eigenvalue weighted by molar-refractivity contribution is -0.139. The van der Waals surface area contributed by atoms with E-state index < -0.39 is 12.0 Å². The summed E-state index contributed by atoms with van der Waals surface area (Å²) < 4.78 is 14.7. The maximum atomic E-state index is 13.9. The Hall–Kier alpha value is -4.42. The summed E-state index contributed by atoms with van der Waals surface area (Å²) in [6.07, 6.45) is 3.70. The number of hydrogen-bond acceptors (Lipinski definition) is 7. The van der Waals surface area contributed by atoms with Gasteiger partial charge in [-0.3, -0.25) is 9.36 Å². The highest BCUT2D eigenvalue weighted by Crippen LogP contribution is 2.32. The molecule has 0 unspecified atom stereocenters. The number of benzene rings is 2. The molecule has 2 aromatic carbocycles. The molecule has 37 heavy (non-hydrogen) atoms. The number of carbonyl (C=O) groups is 1. The average Bonchev–Trinajstić information content (AvgIpc) is 3.40. The Labute approximate surface area is 216 Å². The second kappa shape index (κ2) is 9.91. The van der Waals surface area contributed by atoms with Crippen LogP contribution in [0.3, 0.4) is 0 Å². The molecule has 186 valence electrons. The van der Waals surface area contributed by atoms with Crippen molar-refractivity contribution in [3.63, 3.8) is 0 Å². The number of thiazole rings is 1. The molecule has 9 heteroatoms. The number of methoxy groups -OCH3 is 1. The summed E-state index contributed by atoms with van der Waals surface area (Å²) in [6, 6.07) is 16.5. The maximum absolute atomic E-state index is 13.9. The normalized spacial score (nSPS) is 15.3. The molecule has 0 aliphatic carbocycles. The summed E-state index contributed by atoms with van der Waals surface area (Å²) in [6.45, 7) is 3.91. The topological polar surface area (TPSA) is 98.6 Å². The van der Waals surface area contributed by atoms with Gasteiger partial charge in [0, 0.05) is 22.7 Å². The van der Waals surface area contributed by atoms with E-state index in [4.69, 9.17) is 9.47 Å². The minimum atomic E-state index is -0.715. The van der Waals surface area contributed by atoms with Crippen LogP contribution in [0.1, 0.15) is 31.0 Å². The van der Waals surface area contributed by atoms with E-state index in [2.05, 4.69) is 11.1 Å². The zero-order valence-electron chi connectivity index (χ0n) is 20.6. The van der Waals surface area contributed by atoms with Gasteiger partial charge in [-0.05, 0) is 43.7 Å². The number of aromatic nitrogens is 2. The van der Waals surface area contributed by atoms with Gasteiger partial charge in [0.15, 0.2) is 4.80 Å². The molecule has 0 amide bonds. The molecule has 0 N–H and O–H groups in total. The van der Waals surface area contributed by atoms with Crippen LogP contribution < -0.4 is 19.6 Å². The van der Waals surface area contributed by atoms with Crippen molar-refractivity contribution in [2.45, 2.75) is 26.4 Å². The summed E-state index contributed by atoms with van der Waals surface area (Å²) in [7, 11) is 1.57. The van der Waals surface area contributed by atoms with Crippen molar-refractivity contribution >= 4 is 34.3 Å². The second-order valence-electron chi connectivity index (χ2n) is 8.47. The van der Waals surface area contributed by atoms with Gasteiger partial charge in [0.1, 0.15) is 12.3 Å². The van der Waals surface area contributed by atoms with Gasteiger partial charge in [0.25, 0.3) is 5.56 Å². The van der Waals surface area contributed by atoms with Gasteiger partial charge in [-0.2, -0.15) is 5.26 Å². The lowest BCUT2D eigenvalue weighted by atomic mass is 9.95. The predicted octanol–water partition coefficient (Wildman–Crippen LogP) is 3.29. The molecule has 1 aliphatic heterocycles. The van der Waals surface area contributed by atoms with Crippen LogP contribution in [0.2, 0.25) is 0 Å². The highest BCUT2D eigenvalue weighted by Gasteiger charge is 2.33. The summed E-state index contributed by atoms with van der Waals surface area (Å²) >= 11 is 1.26. The molecule has 4 aromatic rings. The molecular weight excluding hydrogens is 488 g/mol. The number of ether oxygens (including phenoxy) is 2. The first-order chi connectivity index (χ1) is 18.0. The van der Waals surface area contributed by atoms with Gasteiger partial charge in [-0.1, -0.05) is 41.7 Å². The number of hydrogen-bond donors (Lipinski definition) is 0. The molecule has 2 aromatic heterocycles. The molecule has 0 spiro atoms. The number of para-hydroxylation sites is 1. The van der Waals surface area contributed by atoms with E-state index in [1.165, 1.54) is 11.3 Å². The van der Waals surface area contributed by atoms with Crippen LogP contribution in [0.15, 0.2) is 75.8 Å². The van der Waals surface area contributed by atoms with Crippen LogP contribution in [0, 0.1) is 11.3 Å². The first-order valence-electron chi connectivity index (χ1n) is 11.7. The average molecular weight is 513 g/mol. The van der Waals surface area contributed by atoms with Crippen LogP contribution in [-0.4, -0.2) is 28.8 Å². The van der Waals surface area contributed by atoms with E-state index in [9.17, 15) is 14.9 Å². The SMILES string of the molecule is CCOC(=O)C1=C(C)N=c2s/c(=C\c3cn(CC#N)c4ccccc34)c(=O)n2[C@H]1c1cccc(OC)c1. The lowest BCUT2D eigenvalue weighted by Gasteiger charge is -2.25. The Morgan fingerprint density at radius 2 is 2.05 bits per heavy atom. The molecule has 8 nitrogen and oxygen atoms in total. The zero-order chi connectivity index (χ0) is 26.1. The van der Waals surface area contributed by atoms with Crippen molar-refractivity contribution in [3.05, 3.63) is 96.8 Å². The molecular formula is C28H24N4O4S. The van der Waals surface area contributed by atoms with Gasteiger partial charge in [-0.25, -0.2) is 9.79 Å². The monoisotopic (exact) mass is 512 g/mol. The Balaban J connectivity index is 1.75. The lowest BCUT2D eigenvalue weighted by Crippen LogP contribution is -2.39. The highest BCUT2D eigenvalue weighted by atomic mass is 32.1. The fraction of sp³-hybridized carbons (Fsp3) is 0.214. The number of esters is 1. The van der Waals surface area contributed by atoms with E-state index in [1.807, 2.05) is 65.4 Å². The van der Waals surface area contributed by atoms with Crippen molar-refractivity contribution in [3.8, 4) is 11.8 Å². The quantitative estimate of drug-likeness (QED) is 0.369. The molecule has 1 atom stereocenters. The first-order valence-corrected chi connectivity index (χ1v) is 12.6. The molecule has 3 heterocycles. The summed E-state index contributed by atoms with van der Waals surface area (Å²) in [5.74, 6) is 0.105. The Bertz CT molecular complexity index is 1780. The fourth-order valence-electron chi connectivity index (χ4n) is 4.66. The first kappa shape index (κ1) is 24.3. The third-order valence-electron chi connectivity index (χ3n) is 6.27. The minimum Gasteiger partial charge on any atom is -0.497 e. The number of nitriles is 1. The van der Waals surface area contributed by atoms with Gasteiger partial charge in [0.2, 0.25) is 0 Å². The molecule has 0 fully saturated rings. The Morgan fingerprint density at radius 3 is 2.81 bits per heavy atom. The second-order valence-corrected chi connectivity index (χ2v) is 9.48. The van der Waals surface area contributed by atoms with E-state index >= 15 is 0 Å². The van der Waals surface area contributed by atoms with Crippen molar-refractivity contribution < 1.29 is 14.3 Å². The summed E-state index contributed by atoms with van der Waals surface area (Å²) in [5.41, 5.74) is 3.02. The number of rotatable bonds is 6. The number of allylic oxidation sites excluding steroid dienone is 1. The van der Waals surface area contributed by atoms with Gasteiger partial charge < -0.3 is 14.0 Å². The summed E-state index contributed by atoms with van der Waals surface area (Å²) in [5, 5.41) is 10.2. The maximum Gasteiger partial charge on any atom is 0.338 e. The standard InChI is InChI=1S/C28H24N4O4S/c1-4-36-27(34)24-17(2)30-28-32(25(24)18-8-7-9-20(14-18)35-3)26(33)23(37-28)15-19-16-31(13-12-29)22-11-6-5-10-21(19)22/h5-11,14-16,25H,4,13H2,1-3H3/b23-15-/t25-/m0/s1. The predicted molar refractivity (Wildman–Crippen MR) is 141 cm³/mol. The van der Waals surface area contributed by atoms with Crippen molar-refractivity contribution in [1.82, 2.24) is 9.13 Å². The van der Waals surface area contributed by atoms with Crippen LogP contribution in [0.4, 0.5) is 0 Å². The molecule has 5 rings (SSSR count). The van der Waals surface area contributed by atoms with Gasteiger partial charge in [-0.15, -0.1) is 0 Å². The molecule has 0 radical (unpaired) electrons. The fourth-order valence-corrected chi connectivity index (χ4v) is 5.69. The highest BCUT2D eigenvalue weighted by molar-refractivity contribution is 7.07. The van der Waals surface area contributed by atoms with E-state index in [0.717, 1.165) is 22.0 Å². The third kappa shape index (κ3) is 4.26. The van der Waals surface area contributed by atoms with E-state index in [-0.39, 0.29) is 18.7 Å². The van der Waals surface area contributed by atoms with Gasteiger partial charge >= 0.3 is 5.97 Å². The Morgan fingerprint density at radius 1 is 1.24 bits per heavy atom. The number of nitrogens with zero attached hydrogens (tertiary/aromatic N) is 4. The van der Waals surface area contributed by atoms with E-state index in [1.54, 1.807) is 25.5 Å². The molecule has 0 saturated heterocycles. The molecule has 0 bridgehead atoms. The zero-order valence-corrected chi connectivity index (χ0v) is 21.4. The number of fused-ring (bicyclic) bond motifs is 2. The van der Waals surface area contributed by atoms with Crippen molar-refractivity contribution in [2.75, 3.05) is 13.7 Å². The van der Waals surface area contributed by atoms with E-state index in [0.29, 0.717) is 26.4 Å². The Kier molecular flexibility index (Phi) is 6.51. The van der Waals surface area contributed by atoms with Crippen molar-refractivity contribution in [1.29, 1.82) is 5.26 Å². The van der Waals surface area contributed by atoms with Crippen LogP contribution in [-0.2, 0) is 16.1 Å². The van der Waals surface area contributed by atoms with Crippen molar-refractivity contribution in [2.24, 2.45) is 4.99 Å². The van der Waals surface area contributed by atoms with Crippen LogP contribution >= 0.6 is 11.3 Å². The largest absolute Gasteiger partial charge is 0.497 e. The number of carbonyl (C=O) groups excluding carboxylic acids is 1. The molecule has 1 aliphatic rings. The smallest absolute Gasteiger partial charge is 0.338 e. The minimum absolute atomic E-state index is 0.202. The van der Waals surface area contributed by atoms with Crippen LogP contribution in [0.5, 0.6) is 5.75 Å².